The van der Waals surface area contributed by atoms with Gasteiger partial charge in [0.05, 0.1) is 7.11 Å². The molecule has 0 bridgehead atoms. The maximum Gasteiger partial charge on any atom is 0.151 e. The van der Waals surface area contributed by atoms with Gasteiger partial charge in [-0.3, -0.25) is 0 Å². The van der Waals surface area contributed by atoms with Crippen molar-refractivity contribution in [3.8, 4) is 5.75 Å². The van der Waals surface area contributed by atoms with Crippen LogP contribution < -0.4 is 10.5 Å². The molecule has 2 nitrogen and oxygen atoms in total. The molecule has 14 heavy (non-hydrogen) atoms. The summed E-state index contributed by atoms with van der Waals surface area (Å²) >= 11 is 3.44. The fraction of sp³-hybridized carbons (Fsp3) is 0.200. The highest BCUT2D eigenvalue weighted by Crippen LogP contribution is 2.43. The van der Waals surface area contributed by atoms with E-state index in [2.05, 4.69) is 6.26 Å². The molecule has 0 radical (unpaired) electrons. The van der Waals surface area contributed by atoms with Gasteiger partial charge in [0.15, 0.2) is 5.75 Å². The molecule has 1 heterocycles. The number of thioether (sulfide) groups is 1. The van der Waals surface area contributed by atoms with Crippen LogP contribution in [0.3, 0.4) is 0 Å². The van der Waals surface area contributed by atoms with Crippen molar-refractivity contribution < 1.29 is 4.74 Å². The highest BCUT2D eigenvalue weighted by molar-refractivity contribution is 8.00. The number of anilines is 1. The third-order valence-corrected chi connectivity index (χ3v) is 4.28. The van der Waals surface area contributed by atoms with Crippen LogP contribution in [0.25, 0.3) is 10.1 Å². The summed E-state index contributed by atoms with van der Waals surface area (Å²) < 4.78 is 7.80. The lowest BCUT2D eigenvalue weighted by Crippen LogP contribution is -1.84. The number of methoxy groups -OCH3 is 1. The summed E-state index contributed by atoms with van der Waals surface area (Å²) in [6.07, 6.45) is 2.05. The number of rotatable bonds is 2. The van der Waals surface area contributed by atoms with Crippen LogP contribution in [0.1, 0.15) is 0 Å². The maximum atomic E-state index is 5.74. The molecule has 74 valence electrons. The van der Waals surface area contributed by atoms with Crippen molar-refractivity contribution in [3.05, 3.63) is 18.2 Å². The van der Waals surface area contributed by atoms with E-state index in [0.717, 1.165) is 16.8 Å². The molecule has 4 heteroatoms. The number of hydrogen-bond acceptors (Lipinski definition) is 4. The van der Waals surface area contributed by atoms with Gasteiger partial charge >= 0.3 is 0 Å². The predicted octanol–water partition coefficient (Wildman–Crippen LogP) is 3.21. The number of hydrogen-bond donors (Lipinski definition) is 1. The first-order valence-corrected chi connectivity index (χ1v) is 6.20. The molecule has 2 N–H and O–H groups in total. The Morgan fingerprint density at radius 3 is 2.86 bits per heavy atom. The Hall–Kier alpha value is -0.870. The van der Waals surface area contributed by atoms with Crippen molar-refractivity contribution in [2.45, 2.75) is 4.21 Å². The van der Waals surface area contributed by atoms with E-state index in [-0.39, 0.29) is 0 Å². The van der Waals surface area contributed by atoms with E-state index in [1.165, 1.54) is 8.91 Å². The molecule has 0 aliphatic heterocycles. The van der Waals surface area contributed by atoms with E-state index < -0.39 is 0 Å². The van der Waals surface area contributed by atoms with Gasteiger partial charge in [-0.2, -0.15) is 0 Å². The smallest absolute Gasteiger partial charge is 0.151 e. The van der Waals surface area contributed by atoms with Crippen LogP contribution in [-0.2, 0) is 0 Å². The lowest BCUT2D eigenvalue weighted by molar-refractivity contribution is 0.413. The number of benzene rings is 1. The van der Waals surface area contributed by atoms with E-state index in [9.17, 15) is 0 Å². The summed E-state index contributed by atoms with van der Waals surface area (Å²) in [5, 5.41) is 1.11. The van der Waals surface area contributed by atoms with Crippen LogP contribution in [0.4, 0.5) is 5.69 Å². The molecule has 2 rings (SSSR count). The molecule has 0 atom stereocenters. The predicted molar refractivity (Wildman–Crippen MR) is 64.6 cm³/mol. The van der Waals surface area contributed by atoms with Crippen LogP contribution >= 0.6 is 23.1 Å². The summed E-state index contributed by atoms with van der Waals surface area (Å²) in [4.78, 5) is 0. The molecule has 0 aliphatic rings. The van der Waals surface area contributed by atoms with Crippen molar-refractivity contribution in [1.82, 2.24) is 0 Å². The minimum absolute atomic E-state index is 0.779. The Morgan fingerprint density at radius 2 is 2.21 bits per heavy atom. The highest BCUT2D eigenvalue weighted by Gasteiger charge is 2.11. The number of fused-ring (bicyclic) bond motifs is 1. The summed E-state index contributed by atoms with van der Waals surface area (Å²) in [5.41, 5.74) is 6.52. The van der Waals surface area contributed by atoms with Crippen molar-refractivity contribution in [3.63, 3.8) is 0 Å². The summed E-state index contributed by atoms with van der Waals surface area (Å²) in [6, 6.07) is 5.92. The van der Waals surface area contributed by atoms with Gasteiger partial charge in [-0.05, 0) is 24.5 Å². The molecule has 0 fully saturated rings. The SMILES string of the molecule is COc1c(SC)sc2ccc(N)cc12. The normalized spacial score (nSPS) is 10.7. The lowest BCUT2D eigenvalue weighted by Gasteiger charge is -2.00. The molecular weight excluding hydrogens is 214 g/mol. The zero-order valence-electron chi connectivity index (χ0n) is 8.03. The van der Waals surface area contributed by atoms with Crippen molar-refractivity contribution >= 4 is 38.9 Å². The highest BCUT2D eigenvalue weighted by atomic mass is 32.2. The molecule has 0 spiro atoms. The number of nitrogens with two attached hydrogens (primary N) is 1. The van der Waals surface area contributed by atoms with Gasteiger partial charge in [-0.15, -0.1) is 23.1 Å². The number of nitrogen functional groups attached to an aromatic ring is 1. The van der Waals surface area contributed by atoms with Crippen LogP contribution in [0.2, 0.25) is 0 Å². The van der Waals surface area contributed by atoms with E-state index >= 15 is 0 Å². The first kappa shape index (κ1) is 9.68. The molecule has 0 aliphatic carbocycles. The zero-order chi connectivity index (χ0) is 10.1. The zero-order valence-corrected chi connectivity index (χ0v) is 9.67. The summed E-state index contributed by atoms with van der Waals surface area (Å²) in [5.74, 6) is 0.949. The molecular formula is C10H11NOS2. The van der Waals surface area contributed by atoms with Gasteiger partial charge in [0.25, 0.3) is 0 Å². The molecule has 0 saturated heterocycles. The first-order valence-electron chi connectivity index (χ1n) is 4.16. The van der Waals surface area contributed by atoms with Gasteiger partial charge < -0.3 is 10.5 Å². The van der Waals surface area contributed by atoms with Crippen molar-refractivity contribution in [2.75, 3.05) is 19.1 Å². The topological polar surface area (TPSA) is 35.2 Å². The second-order valence-electron chi connectivity index (χ2n) is 2.88. The number of thiophene rings is 1. The largest absolute Gasteiger partial charge is 0.494 e. The van der Waals surface area contributed by atoms with Crippen LogP contribution in [0, 0.1) is 0 Å². The molecule has 1 aromatic heterocycles. The molecule has 0 unspecified atom stereocenters. The minimum atomic E-state index is 0.779. The average molecular weight is 225 g/mol. The fourth-order valence-electron chi connectivity index (χ4n) is 1.40. The lowest BCUT2D eigenvalue weighted by atomic mass is 10.2. The maximum absolute atomic E-state index is 5.74. The second-order valence-corrected chi connectivity index (χ2v) is 5.01. The Labute approximate surface area is 91.1 Å². The first-order chi connectivity index (χ1) is 6.76. The Morgan fingerprint density at radius 1 is 1.43 bits per heavy atom. The second kappa shape index (κ2) is 3.71. The Bertz CT molecular complexity index is 464. The third kappa shape index (κ3) is 1.44. The van der Waals surface area contributed by atoms with Crippen LogP contribution in [0.5, 0.6) is 5.75 Å². The third-order valence-electron chi connectivity index (χ3n) is 2.03. The number of ether oxygens (including phenoxy) is 1. The molecule has 2 aromatic rings. The van der Waals surface area contributed by atoms with Crippen LogP contribution in [0.15, 0.2) is 22.4 Å². The Balaban J connectivity index is 2.74. The molecule has 0 saturated carbocycles. The van der Waals surface area contributed by atoms with E-state index in [0.29, 0.717) is 0 Å². The monoisotopic (exact) mass is 225 g/mol. The van der Waals surface area contributed by atoms with Gasteiger partial charge in [-0.25, -0.2) is 0 Å². The quantitative estimate of drug-likeness (QED) is 0.629. The minimum Gasteiger partial charge on any atom is -0.494 e. The van der Waals surface area contributed by atoms with E-state index in [4.69, 9.17) is 10.5 Å². The van der Waals surface area contributed by atoms with Gasteiger partial charge in [0, 0.05) is 15.8 Å². The van der Waals surface area contributed by atoms with Crippen molar-refractivity contribution in [2.24, 2.45) is 0 Å². The Kier molecular flexibility index (Phi) is 2.56. The van der Waals surface area contributed by atoms with E-state index in [1.54, 1.807) is 30.2 Å². The fourth-order valence-corrected chi connectivity index (χ4v) is 3.26. The van der Waals surface area contributed by atoms with Crippen molar-refractivity contribution in [1.29, 1.82) is 0 Å². The van der Waals surface area contributed by atoms with Gasteiger partial charge in [0.2, 0.25) is 0 Å². The standard InChI is InChI=1S/C10H11NOS2/c1-12-9-7-5-6(11)3-4-8(7)14-10(9)13-2/h3-5H,11H2,1-2H3. The van der Waals surface area contributed by atoms with Gasteiger partial charge in [0.1, 0.15) is 4.21 Å². The average Bonchev–Trinajstić information content (AvgIpc) is 2.54. The van der Waals surface area contributed by atoms with E-state index in [1.807, 2.05) is 18.2 Å². The van der Waals surface area contributed by atoms with Crippen LogP contribution in [-0.4, -0.2) is 13.4 Å². The summed E-state index contributed by atoms with van der Waals surface area (Å²) in [7, 11) is 1.70. The molecule has 0 amide bonds. The molecule has 1 aromatic carbocycles. The van der Waals surface area contributed by atoms with Gasteiger partial charge in [-0.1, -0.05) is 0 Å². The summed E-state index contributed by atoms with van der Waals surface area (Å²) in [6.45, 7) is 0.